The number of nitrogens with one attached hydrogen (secondary N) is 1. The van der Waals surface area contributed by atoms with Crippen molar-refractivity contribution in [1.29, 1.82) is 0 Å². The number of hydrogen-bond donors (Lipinski definition) is 1. The molecule has 1 N–H and O–H groups in total. The smallest absolute Gasteiger partial charge is 0.343 e. The summed E-state index contributed by atoms with van der Waals surface area (Å²) in [6.45, 7) is 3.67. The van der Waals surface area contributed by atoms with E-state index in [0.717, 1.165) is 15.6 Å². The zero-order valence-corrected chi connectivity index (χ0v) is 18.7. The summed E-state index contributed by atoms with van der Waals surface area (Å²) in [5.74, 6) is 0.0715. The van der Waals surface area contributed by atoms with Gasteiger partial charge in [-0.05, 0) is 55.8 Å². The van der Waals surface area contributed by atoms with Gasteiger partial charge in [-0.25, -0.2) is 10.2 Å². The van der Waals surface area contributed by atoms with Gasteiger partial charge in [-0.15, -0.1) is 0 Å². The van der Waals surface area contributed by atoms with Gasteiger partial charge in [-0.2, -0.15) is 5.10 Å². The molecule has 1 amide bonds. The van der Waals surface area contributed by atoms with Gasteiger partial charge in [-0.3, -0.25) is 4.79 Å². The van der Waals surface area contributed by atoms with Crippen LogP contribution in [0, 0.1) is 13.8 Å². The van der Waals surface area contributed by atoms with Crippen molar-refractivity contribution < 1.29 is 19.1 Å². The molecule has 7 heteroatoms. The molecule has 0 atom stereocenters. The van der Waals surface area contributed by atoms with Gasteiger partial charge < -0.3 is 9.47 Å². The van der Waals surface area contributed by atoms with Gasteiger partial charge in [0, 0.05) is 10.0 Å². The van der Waals surface area contributed by atoms with Crippen LogP contribution in [0.1, 0.15) is 27.0 Å². The molecule has 0 aromatic heterocycles. The maximum Gasteiger partial charge on any atom is 0.343 e. The fourth-order valence-electron chi connectivity index (χ4n) is 2.63. The molecule has 0 fully saturated rings. The lowest BCUT2D eigenvalue weighted by molar-refractivity contribution is -0.123. The number of rotatable bonds is 7. The molecule has 158 valence electrons. The number of hydrogen-bond acceptors (Lipinski definition) is 5. The monoisotopic (exact) mass is 480 g/mol. The van der Waals surface area contributed by atoms with E-state index >= 15 is 0 Å². The van der Waals surface area contributed by atoms with Crippen molar-refractivity contribution in [3.8, 4) is 11.5 Å². The van der Waals surface area contributed by atoms with Crippen LogP contribution in [0.2, 0.25) is 0 Å². The number of esters is 1. The van der Waals surface area contributed by atoms with E-state index < -0.39 is 11.9 Å². The molecular weight excluding hydrogens is 460 g/mol. The summed E-state index contributed by atoms with van der Waals surface area (Å²) in [6.07, 6.45) is 1.41. The number of ether oxygens (including phenoxy) is 2. The highest BCUT2D eigenvalue weighted by Gasteiger charge is 2.12. The Balaban J connectivity index is 1.62. The fourth-order valence-corrected chi connectivity index (χ4v) is 3.01. The first-order valence-corrected chi connectivity index (χ1v) is 10.3. The Morgan fingerprint density at radius 2 is 1.74 bits per heavy atom. The summed E-state index contributed by atoms with van der Waals surface area (Å²) >= 11 is 3.38. The number of carbonyl (C=O) groups excluding carboxylic acids is 2. The van der Waals surface area contributed by atoms with Crippen LogP contribution in [0.15, 0.2) is 76.3 Å². The summed E-state index contributed by atoms with van der Waals surface area (Å²) in [5, 5.41) is 3.95. The summed E-state index contributed by atoms with van der Waals surface area (Å²) < 4.78 is 11.8. The number of benzene rings is 3. The third kappa shape index (κ3) is 6.52. The second-order valence-electron chi connectivity index (χ2n) is 6.79. The lowest BCUT2D eigenvalue weighted by atomic mass is 10.1. The van der Waals surface area contributed by atoms with E-state index in [2.05, 4.69) is 26.5 Å². The molecule has 0 saturated heterocycles. The predicted molar refractivity (Wildman–Crippen MR) is 123 cm³/mol. The molecule has 3 rings (SSSR count). The minimum Gasteiger partial charge on any atom is -0.483 e. The molecule has 3 aromatic rings. The van der Waals surface area contributed by atoms with Crippen molar-refractivity contribution in [2.45, 2.75) is 13.8 Å². The normalized spacial score (nSPS) is 10.7. The molecule has 0 saturated carbocycles. The topological polar surface area (TPSA) is 77.0 Å². The van der Waals surface area contributed by atoms with Crippen LogP contribution < -0.4 is 14.9 Å². The molecule has 0 heterocycles. The number of aryl methyl sites for hydroxylation is 2. The minimum absolute atomic E-state index is 0.171. The molecular formula is C24H21BrN2O4. The van der Waals surface area contributed by atoms with Gasteiger partial charge in [0.2, 0.25) is 0 Å². The Kier molecular flexibility index (Phi) is 7.56. The van der Waals surface area contributed by atoms with Crippen LogP contribution in [0.4, 0.5) is 0 Å². The van der Waals surface area contributed by atoms with Gasteiger partial charge in [0.25, 0.3) is 5.91 Å². The standard InChI is InChI=1S/C24H21BrN2O4/c1-16-7-9-18(10-8-16)24(29)31-22-12-11-20(25)13-19(22)14-26-27-23(28)15-30-21-6-4-3-5-17(21)2/h3-14H,15H2,1-2H3,(H,27,28)/b26-14-. The van der Waals surface area contributed by atoms with Gasteiger partial charge in [-0.1, -0.05) is 51.8 Å². The van der Waals surface area contributed by atoms with Crippen molar-refractivity contribution in [1.82, 2.24) is 5.43 Å². The Morgan fingerprint density at radius 3 is 2.48 bits per heavy atom. The average Bonchev–Trinajstić information content (AvgIpc) is 2.75. The Hall–Kier alpha value is -3.45. The number of amides is 1. The summed E-state index contributed by atoms with van der Waals surface area (Å²) in [5.41, 5.74) is 5.36. The lowest BCUT2D eigenvalue weighted by Gasteiger charge is -2.09. The highest BCUT2D eigenvalue weighted by atomic mass is 79.9. The molecule has 0 aliphatic rings. The largest absolute Gasteiger partial charge is 0.483 e. The van der Waals surface area contributed by atoms with Crippen LogP contribution in [-0.2, 0) is 4.79 Å². The van der Waals surface area contributed by atoms with E-state index in [9.17, 15) is 9.59 Å². The van der Waals surface area contributed by atoms with Crippen molar-refractivity contribution in [2.24, 2.45) is 5.10 Å². The zero-order chi connectivity index (χ0) is 22.2. The quantitative estimate of drug-likeness (QED) is 0.227. The molecule has 0 aliphatic heterocycles. The van der Waals surface area contributed by atoms with Crippen LogP contribution in [0.3, 0.4) is 0 Å². The van der Waals surface area contributed by atoms with Crippen LogP contribution in [0.5, 0.6) is 11.5 Å². The van der Waals surface area contributed by atoms with Crippen LogP contribution in [-0.4, -0.2) is 24.7 Å². The van der Waals surface area contributed by atoms with Gasteiger partial charge in [0.05, 0.1) is 11.8 Å². The van der Waals surface area contributed by atoms with Gasteiger partial charge >= 0.3 is 5.97 Å². The van der Waals surface area contributed by atoms with E-state index in [1.807, 2.05) is 44.2 Å². The maximum atomic E-state index is 12.4. The Morgan fingerprint density at radius 1 is 1.00 bits per heavy atom. The molecule has 31 heavy (non-hydrogen) atoms. The number of para-hydroxylation sites is 1. The Bertz CT molecular complexity index is 1110. The highest BCUT2D eigenvalue weighted by molar-refractivity contribution is 9.10. The van der Waals surface area contributed by atoms with Crippen molar-refractivity contribution in [3.63, 3.8) is 0 Å². The first-order valence-electron chi connectivity index (χ1n) is 9.51. The summed E-state index contributed by atoms with van der Waals surface area (Å²) in [4.78, 5) is 24.4. The minimum atomic E-state index is -0.479. The second kappa shape index (κ2) is 10.5. The molecule has 0 unspecified atom stereocenters. The third-order valence-electron chi connectivity index (χ3n) is 4.31. The first-order chi connectivity index (χ1) is 14.9. The van der Waals surface area contributed by atoms with E-state index in [-0.39, 0.29) is 6.61 Å². The SMILES string of the molecule is Cc1ccc(C(=O)Oc2ccc(Br)cc2/C=N\NC(=O)COc2ccccc2C)cc1. The maximum absolute atomic E-state index is 12.4. The van der Waals surface area contributed by atoms with Gasteiger partial charge in [0.1, 0.15) is 11.5 Å². The van der Waals surface area contributed by atoms with Crippen LogP contribution >= 0.6 is 15.9 Å². The first kappa shape index (κ1) is 22.2. The average molecular weight is 481 g/mol. The van der Waals surface area contributed by atoms with Crippen molar-refractivity contribution >= 4 is 34.0 Å². The molecule has 0 aliphatic carbocycles. The van der Waals surface area contributed by atoms with Gasteiger partial charge in [0.15, 0.2) is 6.61 Å². The number of hydrazone groups is 1. The summed E-state index contributed by atoms with van der Waals surface area (Å²) in [6, 6.07) is 19.7. The molecule has 0 radical (unpaired) electrons. The van der Waals surface area contributed by atoms with Crippen molar-refractivity contribution in [3.05, 3.63) is 93.5 Å². The fraction of sp³-hybridized carbons (Fsp3) is 0.125. The van der Waals surface area contributed by atoms with Crippen LogP contribution in [0.25, 0.3) is 0 Å². The lowest BCUT2D eigenvalue weighted by Crippen LogP contribution is -2.24. The van der Waals surface area contributed by atoms with E-state index in [1.165, 1.54) is 6.21 Å². The molecule has 3 aromatic carbocycles. The van der Waals surface area contributed by atoms with E-state index in [4.69, 9.17) is 9.47 Å². The molecule has 6 nitrogen and oxygen atoms in total. The van der Waals surface area contributed by atoms with E-state index in [1.54, 1.807) is 36.4 Å². The second-order valence-corrected chi connectivity index (χ2v) is 7.70. The zero-order valence-electron chi connectivity index (χ0n) is 17.1. The number of nitrogens with zero attached hydrogens (tertiary/aromatic N) is 1. The summed E-state index contributed by atoms with van der Waals surface area (Å²) in [7, 11) is 0. The third-order valence-corrected chi connectivity index (χ3v) is 4.80. The van der Waals surface area contributed by atoms with E-state index in [0.29, 0.717) is 22.6 Å². The predicted octanol–water partition coefficient (Wildman–Crippen LogP) is 4.81. The molecule has 0 bridgehead atoms. The highest BCUT2D eigenvalue weighted by Crippen LogP contribution is 2.23. The number of halogens is 1. The Labute approximate surface area is 189 Å². The molecule has 0 spiro atoms. The number of carbonyl (C=O) groups is 2. The van der Waals surface area contributed by atoms with Crippen molar-refractivity contribution in [2.75, 3.05) is 6.61 Å².